The minimum Gasteiger partial charge on any atom is -0.268 e. The molecule has 0 spiro atoms. The molecule has 2 aromatic carbocycles. The van der Waals surface area contributed by atoms with E-state index in [1.54, 1.807) is 12.3 Å². The molecule has 0 unspecified atom stereocenters. The lowest BCUT2D eigenvalue weighted by Gasteiger charge is -2.16. The number of rotatable bonds is 6. The summed E-state index contributed by atoms with van der Waals surface area (Å²) in [6.07, 6.45) is 1.68. The molecule has 1 aromatic heterocycles. The van der Waals surface area contributed by atoms with Crippen molar-refractivity contribution in [3.63, 3.8) is 0 Å². The molecule has 0 bridgehead atoms. The zero-order valence-electron chi connectivity index (χ0n) is 13.1. The Bertz CT molecular complexity index is 768. The first kappa shape index (κ1) is 15.7. The van der Waals surface area contributed by atoms with E-state index in [9.17, 15) is 10.1 Å². The molecule has 5 nitrogen and oxygen atoms in total. The lowest BCUT2D eigenvalue weighted by atomic mass is 9.91. The standard InChI is InChI=1S/C19H17N3O2/c23-22(24)18-12-7-13-20-19(18)21-14-17(15-8-3-1-4-9-15)16-10-5-2-6-11-16/h1-13,17H,14H2,(H,20,21)/p+1. The van der Waals surface area contributed by atoms with Gasteiger partial charge in [-0.3, -0.25) is 15.4 Å². The number of nitro groups is 1. The SMILES string of the molecule is O=[N+]([O-])c1ccc[nH+]c1NCC(c1ccccc1)c1ccccc1. The van der Waals surface area contributed by atoms with Crippen molar-refractivity contribution in [2.45, 2.75) is 5.92 Å². The highest BCUT2D eigenvalue weighted by atomic mass is 16.6. The van der Waals surface area contributed by atoms with Crippen LogP contribution in [-0.4, -0.2) is 11.5 Å². The van der Waals surface area contributed by atoms with Crippen LogP contribution in [0.3, 0.4) is 0 Å². The van der Waals surface area contributed by atoms with Crippen molar-refractivity contribution in [2.24, 2.45) is 0 Å². The molecule has 0 aliphatic carbocycles. The minimum atomic E-state index is -0.390. The maximum Gasteiger partial charge on any atom is 0.357 e. The molecule has 0 saturated heterocycles. The van der Waals surface area contributed by atoms with Gasteiger partial charge in [0.25, 0.3) is 0 Å². The molecular weight excluding hydrogens is 302 g/mol. The lowest BCUT2D eigenvalue weighted by molar-refractivity contribution is -0.409. The predicted molar refractivity (Wildman–Crippen MR) is 92.9 cm³/mol. The number of hydrogen-bond donors (Lipinski definition) is 1. The third-order valence-corrected chi connectivity index (χ3v) is 3.92. The van der Waals surface area contributed by atoms with Gasteiger partial charge in [-0.25, -0.2) is 4.98 Å². The van der Waals surface area contributed by atoms with E-state index in [0.717, 1.165) is 11.1 Å². The summed E-state index contributed by atoms with van der Waals surface area (Å²) in [6, 6.07) is 23.4. The molecule has 120 valence electrons. The Morgan fingerprint density at radius 3 is 2.04 bits per heavy atom. The van der Waals surface area contributed by atoms with Crippen molar-refractivity contribution in [2.75, 3.05) is 11.9 Å². The average molecular weight is 320 g/mol. The number of nitrogens with zero attached hydrogens (tertiary/aromatic N) is 1. The fourth-order valence-electron chi connectivity index (χ4n) is 2.72. The van der Waals surface area contributed by atoms with E-state index in [2.05, 4.69) is 34.6 Å². The van der Waals surface area contributed by atoms with Crippen LogP contribution in [0.5, 0.6) is 0 Å². The summed E-state index contributed by atoms with van der Waals surface area (Å²) in [5.41, 5.74) is 2.36. The highest BCUT2D eigenvalue weighted by Crippen LogP contribution is 2.26. The third-order valence-electron chi connectivity index (χ3n) is 3.92. The van der Waals surface area contributed by atoms with Gasteiger partial charge < -0.3 is 0 Å². The Balaban J connectivity index is 1.87. The van der Waals surface area contributed by atoms with Crippen LogP contribution in [-0.2, 0) is 0 Å². The van der Waals surface area contributed by atoms with Gasteiger partial charge in [-0.15, -0.1) is 0 Å². The first-order valence-corrected chi connectivity index (χ1v) is 7.74. The van der Waals surface area contributed by atoms with Crippen LogP contribution in [0.15, 0.2) is 79.0 Å². The Labute approximate surface area is 140 Å². The first-order chi connectivity index (χ1) is 11.8. The summed E-state index contributed by atoms with van der Waals surface area (Å²) in [5.74, 6) is 0.514. The number of benzene rings is 2. The van der Waals surface area contributed by atoms with E-state index >= 15 is 0 Å². The number of hydrogen-bond acceptors (Lipinski definition) is 3. The molecule has 24 heavy (non-hydrogen) atoms. The van der Waals surface area contributed by atoms with Gasteiger partial charge in [0.05, 0.1) is 17.7 Å². The summed E-state index contributed by atoms with van der Waals surface area (Å²) in [5, 5.41) is 14.3. The normalized spacial score (nSPS) is 10.5. The largest absolute Gasteiger partial charge is 0.357 e. The van der Waals surface area contributed by atoms with Gasteiger partial charge >= 0.3 is 11.5 Å². The van der Waals surface area contributed by atoms with Crippen LogP contribution in [0, 0.1) is 10.1 Å². The van der Waals surface area contributed by atoms with Crippen molar-refractivity contribution >= 4 is 11.5 Å². The molecule has 0 atom stereocenters. The van der Waals surface area contributed by atoms with Gasteiger partial charge in [0.2, 0.25) is 0 Å². The summed E-state index contributed by atoms with van der Waals surface area (Å²) in [6.45, 7) is 0.551. The van der Waals surface area contributed by atoms with Crippen molar-refractivity contribution in [3.8, 4) is 0 Å². The van der Waals surface area contributed by atoms with Crippen molar-refractivity contribution < 1.29 is 9.91 Å². The van der Waals surface area contributed by atoms with Crippen LogP contribution in [0.4, 0.5) is 11.5 Å². The maximum atomic E-state index is 11.2. The molecular formula is C19H18N3O2+. The van der Waals surface area contributed by atoms with Crippen molar-refractivity contribution in [1.29, 1.82) is 0 Å². The Morgan fingerprint density at radius 2 is 1.50 bits per heavy atom. The zero-order chi connectivity index (χ0) is 16.8. The van der Waals surface area contributed by atoms with Gasteiger partial charge in [0, 0.05) is 12.0 Å². The molecule has 2 N–H and O–H groups in total. The number of aromatic nitrogens is 1. The van der Waals surface area contributed by atoms with Crippen LogP contribution >= 0.6 is 0 Å². The topological polar surface area (TPSA) is 69.3 Å². The monoisotopic (exact) mass is 320 g/mol. The van der Waals surface area contributed by atoms with Crippen molar-refractivity contribution in [3.05, 3.63) is 100 Å². The average Bonchev–Trinajstić information content (AvgIpc) is 2.64. The van der Waals surface area contributed by atoms with Crippen LogP contribution < -0.4 is 10.3 Å². The van der Waals surface area contributed by atoms with Gasteiger partial charge in [0.15, 0.2) is 0 Å². The molecule has 0 radical (unpaired) electrons. The molecule has 1 heterocycles. The molecule has 0 amide bonds. The first-order valence-electron chi connectivity index (χ1n) is 7.74. The highest BCUT2D eigenvalue weighted by Gasteiger charge is 2.22. The second kappa shape index (κ2) is 7.37. The summed E-state index contributed by atoms with van der Waals surface area (Å²) < 4.78 is 0. The zero-order valence-corrected chi connectivity index (χ0v) is 13.1. The molecule has 0 fully saturated rings. The van der Waals surface area contributed by atoms with Gasteiger partial charge in [0.1, 0.15) is 0 Å². The number of H-pyrrole nitrogens is 1. The van der Waals surface area contributed by atoms with Crippen molar-refractivity contribution in [1.82, 2.24) is 0 Å². The number of aromatic amines is 1. The lowest BCUT2D eigenvalue weighted by Crippen LogP contribution is -2.20. The summed E-state index contributed by atoms with van der Waals surface area (Å²) >= 11 is 0. The van der Waals surface area contributed by atoms with E-state index in [1.807, 2.05) is 36.4 Å². The second-order valence-electron chi connectivity index (χ2n) is 5.44. The van der Waals surface area contributed by atoms with Gasteiger partial charge in [-0.1, -0.05) is 60.7 Å². The fraction of sp³-hybridized carbons (Fsp3) is 0.105. The Hall–Kier alpha value is -3.21. The highest BCUT2D eigenvalue weighted by molar-refractivity contribution is 5.51. The molecule has 3 aromatic rings. The maximum absolute atomic E-state index is 11.2. The van der Waals surface area contributed by atoms with E-state index in [-0.39, 0.29) is 11.6 Å². The molecule has 0 aliphatic heterocycles. The van der Waals surface area contributed by atoms with Crippen LogP contribution in [0.25, 0.3) is 0 Å². The number of nitrogens with one attached hydrogen (secondary N) is 2. The molecule has 0 saturated carbocycles. The van der Waals surface area contributed by atoms with Crippen LogP contribution in [0.1, 0.15) is 17.0 Å². The van der Waals surface area contributed by atoms with Gasteiger partial charge in [-0.05, 0) is 17.2 Å². The predicted octanol–water partition coefficient (Wildman–Crippen LogP) is 3.65. The number of anilines is 1. The Morgan fingerprint density at radius 1 is 0.917 bits per heavy atom. The fourth-order valence-corrected chi connectivity index (χ4v) is 2.72. The molecule has 5 heteroatoms. The number of pyridine rings is 1. The third kappa shape index (κ3) is 3.57. The Kier molecular flexibility index (Phi) is 4.81. The molecule has 3 rings (SSSR count). The minimum absolute atomic E-state index is 0.0392. The van der Waals surface area contributed by atoms with Crippen LogP contribution in [0.2, 0.25) is 0 Å². The van der Waals surface area contributed by atoms with E-state index in [1.165, 1.54) is 6.07 Å². The summed E-state index contributed by atoms with van der Waals surface area (Å²) in [7, 11) is 0. The van der Waals surface area contributed by atoms with E-state index in [0.29, 0.717) is 12.4 Å². The second-order valence-corrected chi connectivity index (χ2v) is 5.44. The quantitative estimate of drug-likeness (QED) is 0.557. The van der Waals surface area contributed by atoms with Gasteiger partial charge in [-0.2, -0.15) is 0 Å². The molecule has 0 aliphatic rings. The smallest absolute Gasteiger partial charge is 0.268 e. The van der Waals surface area contributed by atoms with E-state index < -0.39 is 4.92 Å². The van der Waals surface area contributed by atoms with E-state index in [4.69, 9.17) is 0 Å². The summed E-state index contributed by atoms with van der Waals surface area (Å²) in [4.78, 5) is 13.7.